The first kappa shape index (κ1) is 16.5. The molecular formula is C25H20N2O. The second-order valence-corrected chi connectivity index (χ2v) is 6.85. The molecule has 3 heteroatoms. The molecule has 1 heterocycles. The molecule has 5 rings (SSSR count). The van der Waals surface area contributed by atoms with E-state index in [1.54, 1.807) is 0 Å². The lowest BCUT2D eigenvalue weighted by atomic mass is 10.1. The van der Waals surface area contributed by atoms with Crippen LogP contribution in [0.2, 0.25) is 0 Å². The first-order chi connectivity index (χ1) is 13.8. The highest BCUT2D eigenvalue weighted by atomic mass is 16.5. The number of hydrogen-bond donors (Lipinski definition) is 2. The molecule has 0 saturated heterocycles. The molecule has 0 unspecified atom stereocenters. The summed E-state index contributed by atoms with van der Waals surface area (Å²) in [5, 5.41) is 6.02. The molecule has 0 spiro atoms. The Kier molecular flexibility index (Phi) is 4.19. The molecule has 0 aliphatic carbocycles. The number of para-hydroxylation sites is 2. The Morgan fingerprint density at radius 1 is 0.643 bits per heavy atom. The van der Waals surface area contributed by atoms with E-state index in [4.69, 9.17) is 4.74 Å². The van der Waals surface area contributed by atoms with E-state index in [1.807, 2.05) is 42.5 Å². The molecule has 136 valence electrons. The van der Waals surface area contributed by atoms with Crippen LogP contribution in [0.4, 0.5) is 5.69 Å². The third kappa shape index (κ3) is 3.30. The predicted octanol–water partition coefficient (Wildman–Crippen LogP) is 6.73. The van der Waals surface area contributed by atoms with E-state index >= 15 is 0 Å². The van der Waals surface area contributed by atoms with Gasteiger partial charge in [0.1, 0.15) is 11.5 Å². The Balaban J connectivity index is 1.34. The molecule has 28 heavy (non-hydrogen) atoms. The molecule has 5 aromatic rings. The molecule has 0 saturated carbocycles. The maximum absolute atomic E-state index is 5.93. The topological polar surface area (TPSA) is 37.0 Å². The first-order valence-corrected chi connectivity index (χ1v) is 9.41. The van der Waals surface area contributed by atoms with Crippen molar-refractivity contribution < 1.29 is 4.74 Å². The zero-order valence-corrected chi connectivity index (χ0v) is 15.4. The van der Waals surface area contributed by atoms with E-state index in [9.17, 15) is 0 Å². The van der Waals surface area contributed by atoms with Gasteiger partial charge in [-0.15, -0.1) is 0 Å². The number of H-pyrrole nitrogens is 1. The highest BCUT2D eigenvalue weighted by Crippen LogP contribution is 2.28. The number of anilines is 1. The summed E-state index contributed by atoms with van der Waals surface area (Å²) in [6, 6.07) is 32.9. The summed E-state index contributed by atoms with van der Waals surface area (Å²) >= 11 is 0. The molecule has 0 aliphatic heterocycles. The summed E-state index contributed by atoms with van der Waals surface area (Å²) in [6.07, 6.45) is 0. The molecule has 0 radical (unpaired) electrons. The van der Waals surface area contributed by atoms with Crippen molar-refractivity contribution in [3.05, 3.63) is 103 Å². The average Bonchev–Trinajstić information content (AvgIpc) is 3.11. The third-order valence-corrected chi connectivity index (χ3v) is 4.88. The summed E-state index contributed by atoms with van der Waals surface area (Å²) in [4.78, 5) is 3.47. The van der Waals surface area contributed by atoms with Crippen molar-refractivity contribution in [2.75, 3.05) is 5.32 Å². The highest BCUT2D eigenvalue weighted by Gasteiger charge is 2.05. The summed E-state index contributed by atoms with van der Waals surface area (Å²) in [7, 11) is 0. The van der Waals surface area contributed by atoms with Crippen molar-refractivity contribution >= 4 is 27.5 Å². The lowest BCUT2D eigenvalue weighted by molar-refractivity contribution is 0.482. The summed E-state index contributed by atoms with van der Waals surface area (Å²) in [5.74, 6) is 1.69. The summed E-state index contributed by atoms with van der Waals surface area (Å²) < 4.78 is 5.93. The molecule has 0 aliphatic rings. The SMILES string of the molecule is c1ccc(Oc2cccc(CNc3ccc4[nH]c5ccccc5c4c3)c2)cc1. The Hall–Kier alpha value is -3.72. The van der Waals surface area contributed by atoms with E-state index in [-0.39, 0.29) is 0 Å². The lowest BCUT2D eigenvalue weighted by Gasteiger charge is -2.10. The fourth-order valence-corrected chi connectivity index (χ4v) is 3.51. The Morgan fingerprint density at radius 3 is 2.36 bits per heavy atom. The molecule has 0 fully saturated rings. The van der Waals surface area contributed by atoms with Crippen molar-refractivity contribution in [3.63, 3.8) is 0 Å². The quantitative estimate of drug-likeness (QED) is 0.363. The molecule has 2 N–H and O–H groups in total. The molecular weight excluding hydrogens is 344 g/mol. The molecule has 1 aromatic heterocycles. The molecule has 3 nitrogen and oxygen atoms in total. The van der Waals surface area contributed by atoms with Crippen LogP contribution in [0.25, 0.3) is 21.8 Å². The van der Waals surface area contributed by atoms with Crippen LogP contribution >= 0.6 is 0 Å². The number of nitrogens with one attached hydrogen (secondary N) is 2. The summed E-state index contributed by atoms with van der Waals surface area (Å²) in [5.41, 5.74) is 4.60. The smallest absolute Gasteiger partial charge is 0.127 e. The van der Waals surface area contributed by atoms with E-state index in [0.29, 0.717) is 0 Å². The minimum Gasteiger partial charge on any atom is -0.457 e. The van der Waals surface area contributed by atoms with Gasteiger partial charge >= 0.3 is 0 Å². The molecule has 0 bridgehead atoms. The van der Waals surface area contributed by atoms with Gasteiger partial charge in [0.2, 0.25) is 0 Å². The van der Waals surface area contributed by atoms with Crippen molar-refractivity contribution in [2.45, 2.75) is 6.54 Å². The number of ether oxygens (including phenoxy) is 1. The van der Waals surface area contributed by atoms with Crippen molar-refractivity contribution in [1.29, 1.82) is 0 Å². The molecule has 0 atom stereocenters. The monoisotopic (exact) mass is 364 g/mol. The fraction of sp³-hybridized carbons (Fsp3) is 0.0400. The number of benzene rings is 4. The van der Waals surface area contributed by atoms with Gasteiger partial charge in [0.05, 0.1) is 0 Å². The van der Waals surface area contributed by atoms with Crippen LogP contribution in [-0.2, 0) is 6.54 Å². The van der Waals surface area contributed by atoms with Gasteiger partial charge < -0.3 is 15.0 Å². The number of hydrogen-bond acceptors (Lipinski definition) is 2. The second kappa shape index (κ2) is 7.12. The normalized spacial score (nSPS) is 11.0. The maximum Gasteiger partial charge on any atom is 0.127 e. The fourth-order valence-electron chi connectivity index (χ4n) is 3.51. The van der Waals surface area contributed by atoms with Gasteiger partial charge in [0, 0.05) is 34.0 Å². The molecule has 4 aromatic carbocycles. The largest absolute Gasteiger partial charge is 0.457 e. The van der Waals surface area contributed by atoms with Crippen molar-refractivity contribution in [2.24, 2.45) is 0 Å². The van der Waals surface area contributed by atoms with Gasteiger partial charge in [0.25, 0.3) is 0 Å². The second-order valence-electron chi connectivity index (χ2n) is 6.85. The Morgan fingerprint density at radius 2 is 1.43 bits per heavy atom. The van der Waals surface area contributed by atoms with Gasteiger partial charge in [-0.25, -0.2) is 0 Å². The zero-order chi connectivity index (χ0) is 18.8. The number of aromatic amines is 1. The van der Waals surface area contributed by atoms with E-state index in [1.165, 1.54) is 21.9 Å². The highest BCUT2D eigenvalue weighted by molar-refractivity contribution is 6.08. The van der Waals surface area contributed by atoms with Crippen LogP contribution in [-0.4, -0.2) is 4.98 Å². The van der Waals surface area contributed by atoms with E-state index < -0.39 is 0 Å². The van der Waals surface area contributed by atoms with Crippen LogP contribution in [0.15, 0.2) is 97.1 Å². The van der Waals surface area contributed by atoms with Crippen molar-refractivity contribution in [1.82, 2.24) is 4.98 Å². The van der Waals surface area contributed by atoms with Crippen LogP contribution in [0.5, 0.6) is 11.5 Å². The first-order valence-electron chi connectivity index (χ1n) is 9.41. The van der Waals surface area contributed by atoms with Crippen LogP contribution in [0.1, 0.15) is 5.56 Å². The Labute approximate surface area is 163 Å². The van der Waals surface area contributed by atoms with Gasteiger partial charge in [-0.05, 0) is 54.1 Å². The summed E-state index contributed by atoms with van der Waals surface area (Å²) in [6.45, 7) is 0.736. The maximum atomic E-state index is 5.93. The average molecular weight is 364 g/mol. The standard InChI is InChI=1S/C25H20N2O/c1-2-8-20(9-3-1)28-21-10-6-7-18(15-21)17-26-19-13-14-25-23(16-19)22-11-4-5-12-24(22)27-25/h1-16,26-27H,17H2. The minimum absolute atomic E-state index is 0.736. The van der Waals surface area contributed by atoms with Gasteiger partial charge in [-0.1, -0.05) is 48.5 Å². The number of rotatable bonds is 5. The predicted molar refractivity (Wildman–Crippen MR) is 116 cm³/mol. The number of aromatic nitrogens is 1. The van der Waals surface area contributed by atoms with Crippen LogP contribution in [0.3, 0.4) is 0 Å². The van der Waals surface area contributed by atoms with Crippen LogP contribution in [0, 0.1) is 0 Å². The van der Waals surface area contributed by atoms with Crippen molar-refractivity contribution in [3.8, 4) is 11.5 Å². The Bertz CT molecular complexity index is 1240. The third-order valence-electron chi connectivity index (χ3n) is 4.88. The molecule has 0 amide bonds. The van der Waals surface area contributed by atoms with E-state index in [0.717, 1.165) is 29.2 Å². The van der Waals surface area contributed by atoms with E-state index in [2.05, 4.69) is 64.9 Å². The minimum atomic E-state index is 0.736. The van der Waals surface area contributed by atoms with Gasteiger partial charge in [-0.3, -0.25) is 0 Å². The van der Waals surface area contributed by atoms with Gasteiger partial charge in [-0.2, -0.15) is 0 Å². The number of fused-ring (bicyclic) bond motifs is 3. The lowest BCUT2D eigenvalue weighted by Crippen LogP contribution is -1.99. The van der Waals surface area contributed by atoms with Crippen LogP contribution < -0.4 is 10.1 Å². The zero-order valence-electron chi connectivity index (χ0n) is 15.4. The van der Waals surface area contributed by atoms with Gasteiger partial charge in [0.15, 0.2) is 0 Å².